The summed E-state index contributed by atoms with van der Waals surface area (Å²) in [5.74, 6) is -0.985. The Hall–Kier alpha value is -1.30. The molecule has 0 unspecified atom stereocenters. The van der Waals surface area contributed by atoms with Gasteiger partial charge in [0.2, 0.25) is 0 Å². The van der Waals surface area contributed by atoms with Gasteiger partial charge in [0.15, 0.2) is 0 Å². The molecule has 0 aromatic carbocycles. The molecule has 0 bridgehead atoms. The molecule has 0 aliphatic carbocycles. The Morgan fingerprint density at radius 2 is 2.00 bits per heavy atom. The summed E-state index contributed by atoms with van der Waals surface area (Å²) in [5.41, 5.74) is -0.525. The molecule has 1 aliphatic heterocycles. The first-order chi connectivity index (χ1) is 8.79. The highest BCUT2D eigenvalue weighted by Crippen LogP contribution is 2.26. The fourth-order valence-corrected chi connectivity index (χ4v) is 2.22. The van der Waals surface area contributed by atoms with Gasteiger partial charge in [-0.1, -0.05) is 6.92 Å². The van der Waals surface area contributed by atoms with Crippen LogP contribution < -0.4 is 0 Å². The number of carboxylic acid groups (broad SMARTS) is 1. The van der Waals surface area contributed by atoms with Crippen LogP contribution in [0.3, 0.4) is 0 Å². The summed E-state index contributed by atoms with van der Waals surface area (Å²) in [5, 5.41) is 8.59. The Bertz CT molecular complexity index is 338. The van der Waals surface area contributed by atoms with E-state index < -0.39 is 11.6 Å². The van der Waals surface area contributed by atoms with E-state index in [1.807, 2.05) is 32.6 Å². The molecule has 6 heteroatoms. The molecule has 0 spiro atoms. The van der Waals surface area contributed by atoms with Crippen LogP contribution in [-0.2, 0) is 9.53 Å². The fourth-order valence-electron chi connectivity index (χ4n) is 2.22. The number of rotatable bonds is 6. The first kappa shape index (κ1) is 15.8. The second-order valence-corrected chi connectivity index (χ2v) is 5.56. The van der Waals surface area contributed by atoms with E-state index in [0.29, 0.717) is 13.1 Å². The van der Waals surface area contributed by atoms with Crippen LogP contribution in [0.5, 0.6) is 0 Å². The maximum Gasteiger partial charge on any atom is 0.329 e. The Balaban J connectivity index is 2.47. The van der Waals surface area contributed by atoms with Crippen LogP contribution in [0.1, 0.15) is 34.1 Å². The van der Waals surface area contributed by atoms with Crippen molar-refractivity contribution in [2.45, 2.75) is 45.8 Å². The third kappa shape index (κ3) is 4.09. The van der Waals surface area contributed by atoms with Crippen LogP contribution >= 0.6 is 0 Å². The molecule has 1 fully saturated rings. The zero-order chi connectivity index (χ0) is 14.6. The van der Waals surface area contributed by atoms with Crippen LogP contribution in [0.25, 0.3) is 0 Å². The fraction of sp³-hybridized carbons (Fsp3) is 0.846. The lowest BCUT2D eigenvalue weighted by Crippen LogP contribution is -2.66. The van der Waals surface area contributed by atoms with Gasteiger partial charge in [-0.3, -0.25) is 0 Å². The van der Waals surface area contributed by atoms with Gasteiger partial charge in [0.05, 0.1) is 13.1 Å². The Labute approximate surface area is 114 Å². The molecule has 0 aromatic rings. The molecule has 1 saturated heterocycles. The standard InChI is InChI=1S/C13H24N2O4/c1-5-6-15(10(2)3)12(18)14-8-13(4,9-14)19-7-11(16)17/h10H,5-9H2,1-4H3,(H,16,17). The van der Waals surface area contributed by atoms with Crippen LogP contribution in [0, 0.1) is 0 Å². The summed E-state index contributed by atoms with van der Waals surface area (Å²) in [6.45, 7) is 9.18. The highest BCUT2D eigenvalue weighted by atomic mass is 16.5. The number of nitrogens with zero attached hydrogens (tertiary/aromatic N) is 2. The van der Waals surface area contributed by atoms with E-state index in [-0.39, 0.29) is 18.7 Å². The Morgan fingerprint density at radius 3 is 2.42 bits per heavy atom. The lowest BCUT2D eigenvalue weighted by atomic mass is 9.97. The molecule has 1 N–H and O–H groups in total. The van der Waals surface area contributed by atoms with Crippen LogP contribution in [-0.4, -0.2) is 64.8 Å². The van der Waals surface area contributed by atoms with Crippen LogP contribution in [0.15, 0.2) is 0 Å². The first-order valence-corrected chi connectivity index (χ1v) is 6.70. The third-order valence-electron chi connectivity index (χ3n) is 3.20. The SMILES string of the molecule is CCCN(C(=O)N1CC(C)(OCC(=O)O)C1)C(C)C. The van der Waals surface area contributed by atoms with Gasteiger partial charge in [-0.15, -0.1) is 0 Å². The maximum atomic E-state index is 12.3. The number of carbonyl (C=O) groups is 2. The minimum atomic E-state index is -0.985. The van der Waals surface area contributed by atoms with Crippen molar-refractivity contribution >= 4 is 12.0 Å². The normalized spacial score (nSPS) is 17.2. The molecular weight excluding hydrogens is 248 g/mol. The summed E-state index contributed by atoms with van der Waals surface area (Å²) in [6.07, 6.45) is 0.921. The molecule has 1 rings (SSSR count). The van der Waals surface area contributed by atoms with Crippen molar-refractivity contribution in [1.82, 2.24) is 9.80 Å². The van der Waals surface area contributed by atoms with Crippen molar-refractivity contribution < 1.29 is 19.4 Å². The van der Waals surface area contributed by atoms with E-state index in [0.717, 1.165) is 13.0 Å². The average molecular weight is 272 g/mol. The molecule has 19 heavy (non-hydrogen) atoms. The van der Waals surface area contributed by atoms with Crippen molar-refractivity contribution in [3.63, 3.8) is 0 Å². The largest absolute Gasteiger partial charge is 0.480 e. The summed E-state index contributed by atoms with van der Waals surface area (Å²) in [7, 11) is 0. The number of carbonyl (C=O) groups excluding carboxylic acids is 1. The summed E-state index contributed by atoms with van der Waals surface area (Å²) in [4.78, 5) is 26.3. The van der Waals surface area contributed by atoms with E-state index in [9.17, 15) is 9.59 Å². The summed E-state index contributed by atoms with van der Waals surface area (Å²) >= 11 is 0. The minimum absolute atomic E-state index is 0.00764. The predicted molar refractivity (Wildman–Crippen MR) is 71.1 cm³/mol. The number of aliphatic carboxylic acids is 1. The number of urea groups is 1. The highest BCUT2D eigenvalue weighted by molar-refractivity contribution is 5.76. The van der Waals surface area contributed by atoms with Gasteiger partial charge in [0.25, 0.3) is 0 Å². The second-order valence-electron chi connectivity index (χ2n) is 5.56. The van der Waals surface area contributed by atoms with Gasteiger partial charge >= 0.3 is 12.0 Å². The number of hydrogen-bond donors (Lipinski definition) is 1. The molecule has 0 radical (unpaired) electrons. The molecule has 0 aromatic heterocycles. The molecule has 1 heterocycles. The summed E-state index contributed by atoms with van der Waals surface area (Å²) in [6, 6.07) is 0.174. The molecular formula is C13H24N2O4. The lowest BCUT2D eigenvalue weighted by Gasteiger charge is -2.49. The quantitative estimate of drug-likeness (QED) is 0.793. The smallest absolute Gasteiger partial charge is 0.329 e. The minimum Gasteiger partial charge on any atom is -0.480 e. The van der Waals surface area contributed by atoms with Gasteiger partial charge in [-0.05, 0) is 27.2 Å². The number of carboxylic acids is 1. The molecule has 0 atom stereocenters. The van der Waals surface area contributed by atoms with Crippen molar-refractivity contribution in [2.24, 2.45) is 0 Å². The Kier molecular flexibility index (Phi) is 5.17. The van der Waals surface area contributed by atoms with Crippen LogP contribution in [0.2, 0.25) is 0 Å². The number of hydrogen-bond acceptors (Lipinski definition) is 3. The van der Waals surface area contributed by atoms with Crippen molar-refractivity contribution in [3.05, 3.63) is 0 Å². The second kappa shape index (κ2) is 6.23. The predicted octanol–water partition coefficient (Wildman–Crippen LogP) is 1.40. The zero-order valence-corrected chi connectivity index (χ0v) is 12.2. The van der Waals surface area contributed by atoms with E-state index in [2.05, 4.69) is 0 Å². The van der Waals surface area contributed by atoms with Crippen molar-refractivity contribution in [3.8, 4) is 0 Å². The van der Waals surface area contributed by atoms with E-state index >= 15 is 0 Å². The Morgan fingerprint density at radius 1 is 1.42 bits per heavy atom. The molecule has 110 valence electrons. The number of likely N-dealkylation sites (tertiary alicyclic amines) is 1. The zero-order valence-electron chi connectivity index (χ0n) is 12.2. The maximum absolute atomic E-state index is 12.3. The van der Waals surface area contributed by atoms with Gasteiger partial charge in [-0.2, -0.15) is 0 Å². The molecule has 6 nitrogen and oxygen atoms in total. The van der Waals surface area contributed by atoms with Crippen LogP contribution in [0.4, 0.5) is 4.79 Å². The molecule has 0 saturated carbocycles. The van der Waals surface area contributed by atoms with E-state index in [4.69, 9.17) is 9.84 Å². The monoisotopic (exact) mass is 272 g/mol. The van der Waals surface area contributed by atoms with E-state index in [1.165, 1.54) is 0 Å². The van der Waals surface area contributed by atoms with Crippen molar-refractivity contribution in [2.75, 3.05) is 26.2 Å². The average Bonchev–Trinajstić information content (AvgIpc) is 2.28. The van der Waals surface area contributed by atoms with Gasteiger partial charge in [0.1, 0.15) is 12.2 Å². The third-order valence-corrected chi connectivity index (χ3v) is 3.20. The van der Waals surface area contributed by atoms with Crippen molar-refractivity contribution in [1.29, 1.82) is 0 Å². The van der Waals surface area contributed by atoms with Gasteiger partial charge in [-0.25, -0.2) is 9.59 Å². The van der Waals surface area contributed by atoms with E-state index in [1.54, 1.807) is 4.90 Å². The first-order valence-electron chi connectivity index (χ1n) is 6.70. The molecule has 2 amide bonds. The summed E-state index contributed by atoms with van der Waals surface area (Å²) < 4.78 is 5.30. The topological polar surface area (TPSA) is 70.1 Å². The number of ether oxygens (including phenoxy) is 1. The highest BCUT2D eigenvalue weighted by Gasteiger charge is 2.44. The number of amides is 2. The van der Waals surface area contributed by atoms with Gasteiger partial charge < -0.3 is 19.6 Å². The van der Waals surface area contributed by atoms with Gasteiger partial charge in [0, 0.05) is 12.6 Å². The molecule has 1 aliphatic rings. The lowest BCUT2D eigenvalue weighted by molar-refractivity contribution is -0.160.